The molecule has 66 heavy (non-hydrogen) atoms. The number of benzene rings is 4. The van der Waals surface area contributed by atoms with E-state index < -0.39 is 65.4 Å². The van der Waals surface area contributed by atoms with Crippen molar-refractivity contribution < 1.29 is 60.8 Å². The van der Waals surface area contributed by atoms with Gasteiger partial charge in [0.15, 0.2) is 0 Å². The number of amides is 3. The highest BCUT2D eigenvalue weighted by molar-refractivity contribution is 6.15. The molecule has 0 saturated heterocycles. The summed E-state index contributed by atoms with van der Waals surface area (Å²) in [6.07, 6.45) is -11.2. The van der Waals surface area contributed by atoms with Gasteiger partial charge in [-0.2, -0.15) is 36.5 Å². The molecule has 0 radical (unpaired) electrons. The van der Waals surface area contributed by atoms with Gasteiger partial charge in [-0.15, -0.1) is 0 Å². The van der Waals surface area contributed by atoms with Crippen molar-refractivity contribution >= 4 is 56.9 Å². The first-order chi connectivity index (χ1) is 30.8. The van der Waals surface area contributed by atoms with Crippen LogP contribution in [0.3, 0.4) is 0 Å². The number of hydrogen-bond donors (Lipinski definition) is 6. The van der Waals surface area contributed by atoms with Gasteiger partial charge in [0.05, 0.1) is 44.7 Å². The molecule has 20 heteroatoms. The van der Waals surface area contributed by atoms with E-state index in [9.17, 15) is 55.7 Å². The lowest BCUT2D eigenvalue weighted by Gasteiger charge is -2.16. The van der Waals surface area contributed by atoms with Gasteiger partial charge in [-0.3, -0.25) is 28.3 Å². The third kappa shape index (κ3) is 10.3. The molecule has 2 aromatic heterocycles. The van der Waals surface area contributed by atoms with Gasteiger partial charge in [0, 0.05) is 35.0 Å². The second-order valence-electron chi connectivity index (χ2n) is 15.9. The largest absolute Gasteiger partial charge is 0.494 e. The van der Waals surface area contributed by atoms with E-state index >= 15 is 0 Å². The average Bonchev–Trinajstić information content (AvgIpc) is 3.66. The molecule has 0 bridgehead atoms. The summed E-state index contributed by atoms with van der Waals surface area (Å²) in [4.78, 5) is 47.1. The number of nitrogens with two attached hydrogens (primary N) is 1. The molecule has 0 unspecified atom stereocenters. The first-order valence-corrected chi connectivity index (χ1v) is 20.1. The Morgan fingerprint density at radius 3 is 1.79 bits per heavy atom. The zero-order valence-corrected chi connectivity index (χ0v) is 36.0. The van der Waals surface area contributed by atoms with Crippen molar-refractivity contribution in [3.63, 3.8) is 0 Å². The number of nitrogens with zero attached hydrogens (tertiary/aromatic N) is 4. The van der Waals surface area contributed by atoms with Crippen LogP contribution in [0.25, 0.3) is 33.2 Å². The fourth-order valence-corrected chi connectivity index (χ4v) is 7.89. The molecule has 0 saturated carbocycles. The van der Waals surface area contributed by atoms with Gasteiger partial charge >= 0.3 is 18.3 Å². The second-order valence-corrected chi connectivity index (χ2v) is 15.9. The number of carboxylic acids is 1. The zero-order valence-electron chi connectivity index (χ0n) is 36.0. The SMILES string of the molecule is CC(=NNC(=O)CCCC(=O)O)c1c(O)n(-c2cc(C)cc(Cc3cc(C(F)(F)F)cc4c3c(C(C)=NNC(=O)CC(N)=O)c(O)n4-c3cc(C)cc(C)c3)c2)c2cc(C(F)(F)F)ccc12. The van der Waals surface area contributed by atoms with Crippen LogP contribution in [0.4, 0.5) is 26.3 Å². The van der Waals surface area contributed by atoms with Crippen molar-refractivity contribution in [3.05, 3.63) is 117 Å². The molecule has 2 heterocycles. The number of carbonyl (C=O) groups is 4. The minimum Gasteiger partial charge on any atom is -0.494 e. The molecular weight excluding hydrogens is 877 g/mol. The maximum absolute atomic E-state index is 14.8. The van der Waals surface area contributed by atoms with Crippen LogP contribution >= 0.6 is 0 Å². The summed E-state index contributed by atoms with van der Waals surface area (Å²) < 4.78 is 89.4. The number of hydrazone groups is 2. The Bertz CT molecular complexity index is 3000. The van der Waals surface area contributed by atoms with Crippen molar-refractivity contribution in [3.8, 4) is 23.1 Å². The molecule has 0 aliphatic heterocycles. The number of fused-ring (bicyclic) bond motifs is 2. The molecule has 346 valence electrons. The molecule has 4 aromatic carbocycles. The molecule has 3 amide bonds. The molecule has 0 fully saturated rings. The van der Waals surface area contributed by atoms with Crippen molar-refractivity contribution in [1.82, 2.24) is 20.0 Å². The number of carboxylic acid groups (broad SMARTS) is 1. The normalized spacial score (nSPS) is 12.5. The van der Waals surface area contributed by atoms with E-state index in [0.29, 0.717) is 16.8 Å². The summed E-state index contributed by atoms with van der Waals surface area (Å²) in [6.45, 7) is 7.94. The minimum atomic E-state index is -4.90. The van der Waals surface area contributed by atoms with Crippen LogP contribution in [0.15, 0.2) is 76.9 Å². The van der Waals surface area contributed by atoms with E-state index in [2.05, 4.69) is 21.1 Å². The number of carbonyl (C=O) groups excluding carboxylic acids is 3. The Labute approximate surface area is 372 Å². The Balaban J connectivity index is 1.57. The molecule has 14 nitrogen and oxygen atoms in total. The summed E-state index contributed by atoms with van der Waals surface area (Å²) in [5, 5.41) is 41.0. The number of aliphatic carboxylic acids is 1. The summed E-state index contributed by atoms with van der Waals surface area (Å²) >= 11 is 0. The molecular formula is C46H43F6N7O7. The monoisotopic (exact) mass is 919 g/mol. The molecule has 0 aliphatic rings. The third-order valence-electron chi connectivity index (χ3n) is 10.5. The van der Waals surface area contributed by atoms with Crippen LogP contribution in [0, 0.1) is 20.8 Å². The molecule has 7 N–H and O–H groups in total. The van der Waals surface area contributed by atoms with Crippen LogP contribution in [-0.4, -0.2) is 59.6 Å². The van der Waals surface area contributed by atoms with E-state index in [4.69, 9.17) is 10.8 Å². The quantitative estimate of drug-likeness (QED) is 0.0272. The number of aryl methyl sites for hydroxylation is 3. The highest BCUT2D eigenvalue weighted by Crippen LogP contribution is 2.43. The first-order valence-electron chi connectivity index (χ1n) is 20.1. The third-order valence-corrected chi connectivity index (χ3v) is 10.5. The van der Waals surface area contributed by atoms with Gasteiger partial charge < -0.3 is 21.1 Å². The molecule has 0 atom stereocenters. The topological polar surface area (TPSA) is 214 Å². The van der Waals surface area contributed by atoms with Gasteiger partial charge in [0.1, 0.15) is 6.42 Å². The Hall–Kier alpha value is -7.64. The average molecular weight is 920 g/mol. The first kappa shape index (κ1) is 47.8. The van der Waals surface area contributed by atoms with Gasteiger partial charge in [-0.1, -0.05) is 18.2 Å². The Morgan fingerprint density at radius 1 is 0.667 bits per heavy atom. The van der Waals surface area contributed by atoms with Crippen LogP contribution < -0.4 is 16.6 Å². The standard InChI is InChI=1S/C46H43F6N7O7/c1-22-11-23(2)14-31(13-22)59-35-20-30(46(50,51)52)18-28(42(35)41(44(59)66)26(5)55-57-38(62)21-36(53)60)16-27-12-24(3)15-32(17-27)58-34-19-29(45(47,48)49)9-10-33(34)40(43(58)65)25(4)54-56-37(61)7-6-8-39(63)64/h9-15,17-20,65-66H,6-8,16,21H2,1-5H3,(H2,53,60)(H,56,61)(H,57,62)(H,63,64). The number of aromatic nitrogens is 2. The van der Waals surface area contributed by atoms with Gasteiger partial charge in [-0.05, 0) is 124 Å². The minimum absolute atomic E-state index is 0.00604. The van der Waals surface area contributed by atoms with E-state index in [0.717, 1.165) is 46.0 Å². The highest BCUT2D eigenvalue weighted by Gasteiger charge is 2.35. The lowest BCUT2D eigenvalue weighted by Crippen LogP contribution is -2.25. The number of halogens is 6. The van der Waals surface area contributed by atoms with E-state index in [1.807, 2.05) is 6.07 Å². The predicted octanol–water partition coefficient (Wildman–Crippen LogP) is 8.35. The number of alkyl halides is 6. The van der Waals surface area contributed by atoms with Crippen molar-refractivity contribution in [2.24, 2.45) is 15.9 Å². The lowest BCUT2D eigenvalue weighted by molar-refractivity contribution is -0.138. The van der Waals surface area contributed by atoms with E-state index in [1.54, 1.807) is 39.0 Å². The number of rotatable bonds is 14. The van der Waals surface area contributed by atoms with E-state index in [-0.39, 0.29) is 81.3 Å². The number of aromatic hydroxyl groups is 2. The molecule has 0 spiro atoms. The Morgan fingerprint density at radius 2 is 1.20 bits per heavy atom. The molecule has 0 aliphatic carbocycles. The van der Waals surface area contributed by atoms with Crippen LogP contribution in [0.1, 0.15) is 89.6 Å². The summed E-state index contributed by atoms with van der Waals surface area (Å²) in [7, 11) is 0. The number of primary amides is 1. The molecule has 6 aromatic rings. The smallest absolute Gasteiger partial charge is 0.416 e. The molecule has 6 rings (SSSR count). The van der Waals surface area contributed by atoms with Gasteiger partial charge in [-0.25, -0.2) is 10.9 Å². The summed E-state index contributed by atoms with van der Waals surface area (Å²) in [5.41, 5.74) is 9.64. The summed E-state index contributed by atoms with van der Waals surface area (Å²) in [6, 6.07) is 14.3. The van der Waals surface area contributed by atoms with Crippen molar-refractivity contribution in [2.45, 2.75) is 79.1 Å². The fraction of sp³-hybridized carbons (Fsp3) is 0.261. The number of nitrogens with one attached hydrogen (secondary N) is 2. The van der Waals surface area contributed by atoms with Gasteiger partial charge in [0.2, 0.25) is 29.5 Å². The van der Waals surface area contributed by atoms with E-state index in [1.165, 1.54) is 30.5 Å². The van der Waals surface area contributed by atoms with Crippen molar-refractivity contribution in [2.75, 3.05) is 0 Å². The van der Waals surface area contributed by atoms with Crippen LogP contribution in [0.5, 0.6) is 11.8 Å². The summed E-state index contributed by atoms with van der Waals surface area (Å²) in [5.74, 6) is -4.73. The Kier molecular flexibility index (Phi) is 13.4. The number of hydrogen-bond acceptors (Lipinski definition) is 8. The maximum Gasteiger partial charge on any atom is 0.416 e. The second kappa shape index (κ2) is 18.5. The van der Waals surface area contributed by atoms with Crippen LogP contribution in [0.2, 0.25) is 0 Å². The maximum atomic E-state index is 14.8. The fourth-order valence-electron chi connectivity index (χ4n) is 7.89. The predicted molar refractivity (Wildman–Crippen MR) is 233 cm³/mol. The zero-order chi connectivity index (χ0) is 48.6. The van der Waals surface area contributed by atoms with Gasteiger partial charge in [0.25, 0.3) is 0 Å². The highest BCUT2D eigenvalue weighted by atomic mass is 19.4. The van der Waals surface area contributed by atoms with Crippen LogP contribution in [-0.2, 0) is 38.0 Å². The lowest BCUT2D eigenvalue weighted by atomic mass is 9.94. The van der Waals surface area contributed by atoms with Crippen molar-refractivity contribution in [1.29, 1.82) is 0 Å².